The quantitative estimate of drug-likeness (QED) is 0.262. The summed E-state index contributed by atoms with van der Waals surface area (Å²) in [6.45, 7) is 0. The van der Waals surface area contributed by atoms with Gasteiger partial charge in [-0.15, -0.1) is 0 Å². The lowest BCUT2D eigenvalue weighted by Crippen LogP contribution is -1.87. The van der Waals surface area contributed by atoms with Gasteiger partial charge in [0.2, 0.25) is 0 Å². The second kappa shape index (κ2) is 8.22. The minimum Gasteiger partial charge on any atom is -0.293 e. The van der Waals surface area contributed by atoms with Gasteiger partial charge in [-0.05, 0) is 45.9 Å². The van der Waals surface area contributed by atoms with Crippen molar-refractivity contribution in [1.82, 2.24) is 18.8 Å². The zero-order valence-electron chi connectivity index (χ0n) is 17.0. The Hall–Kier alpha value is -3.48. The highest BCUT2D eigenvalue weighted by atomic mass is 33.1. The summed E-state index contributed by atoms with van der Waals surface area (Å²) in [7, 11) is 3.43. The van der Waals surface area contributed by atoms with E-state index >= 15 is 0 Å². The van der Waals surface area contributed by atoms with Crippen LogP contribution < -0.4 is 0 Å². The van der Waals surface area contributed by atoms with Gasteiger partial charge in [0.05, 0.1) is 0 Å². The summed E-state index contributed by atoms with van der Waals surface area (Å²) < 4.78 is 4.32. The molecule has 2 aromatic carbocycles. The molecular weight excluding hydrogens is 432 g/mol. The Bertz CT molecular complexity index is 1400. The van der Waals surface area contributed by atoms with E-state index in [-0.39, 0.29) is 0 Å². The van der Waals surface area contributed by atoms with Crippen LogP contribution in [0.15, 0.2) is 120 Å². The largest absolute Gasteiger partial charge is 0.293 e. The van der Waals surface area contributed by atoms with E-state index in [4.69, 9.17) is 9.97 Å². The molecular formula is C26H18N4S2. The molecule has 4 nitrogen and oxygen atoms in total. The Morgan fingerprint density at radius 2 is 0.875 bits per heavy atom. The van der Waals surface area contributed by atoms with Crippen LogP contribution in [-0.4, -0.2) is 18.8 Å². The van der Waals surface area contributed by atoms with Gasteiger partial charge in [-0.3, -0.25) is 8.80 Å². The van der Waals surface area contributed by atoms with Crippen molar-refractivity contribution in [1.29, 1.82) is 0 Å². The highest BCUT2D eigenvalue weighted by Gasteiger charge is 2.19. The van der Waals surface area contributed by atoms with Crippen LogP contribution in [0.2, 0.25) is 0 Å². The first-order chi connectivity index (χ1) is 15.9. The monoisotopic (exact) mass is 450 g/mol. The van der Waals surface area contributed by atoms with Crippen molar-refractivity contribution in [3.05, 3.63) is 109 Å². The van der Waals surface area contributed by atoms with E-state index in [1.807, 2.05) is 48.5 Å². The summed E-state index contributed by atoms with van der Waals surface area (Å²) in [5.41, 5.74) is 6.09. The van der Waals surface area contributed by atoms with Gasteiger partial charge in [-0.25, -0.2) is 9.97 Å². The van der Waals surface area contributed by atoms with E-state index in [1.165, 1.54) is 0 Å². The van der Waals surface area contributed by atoms with Crippen molar-refractivity contribution in [2.45, 2.75) is 10.1 Å². The summed E-state index contributed by atoms with van der Waals surface area (Å²) in [6.07, 6.45) is 4.15. The fourth-order valence-electron chi connectivity index (χ4n) is 3.75. The first-order valence-electron chi connectivity index (χ1n) is 10.3. The van der Waals surface area contributed by atoms with Crippen LogP contribution in [-0.2, 0) is 0 Å². The maximum absolute atomic E-state index is 4.93. The summed E-state index contributed by atoms with van der Waals surface area (Å²) in [5, 5.41) is 2.20. The molecule has 0 aliphatic rings. The minimum absolute atomic E-state index is 0.941. The molecule has 6 rings (SSSR count). The Morgan fingerprint density at radius 1 is 0.469 bits per heavy atom. The van der Waals surface area contributed by atoms with Gasteiger partial charge < -0.3 is 0 Å². The normalized spacial score (nSPS) is 11.4. The van der Waals surface area contributed by atoms with Crippen molar-refractivity contribution in [3.8, 4) is 22.5 Å². The van der Waals surface area contributed by atoms with Crippen LogP contribution in [0, 0.1) is 0 Å². The summed E-state index contributed by atoms with van der Waals surface area (Å²) in [5.74, 6) is 0. The molecule has 0 unspecified atom stereocenters. The molecule has 0 aliphatic heterocycles. The maximum atomic E-state index is 4.93. The highest BCUT2D eigenvalue weighted by Crippen LogP contribution is 2.45. The lowest BCUT2D eigenvalue weighted by atomic mass is 10.2. The highest BCUT2D eigenvalue weighted by molar-refractivity contribution is 8.76. The van der Waals surface area contributed by atoms with Crippen LogP contribution in [0.4, 0.5) is 0 Å². The number of hydrogen-bond acceptors (Lipinski definition) is 4. The number of rotatable bonds is 5. The van der Waals surface area contributed by atoms with Gasteiger partial charge in [0.15, 0.2) is 0 Å². The molecule has 0 saturated carbocycles. The molecule has 4 heterocycles. The van der Waals surface area contributed by atoms with Crippen molar-refractivity contribution in [2.75, 3.05) is 0 Å². The van der Waals surface area contributed by atoms with Gasteiger partial charge in [-0.2, -0.15) is 0 Å². The average Bonchev–Trinajstić information content (AvgIpc) is 3.42. The van der Waals surface area contributed by atoms with Crippen LogP contribution in [0.5, 0.6) is 0 Å². The molecule has 6 heteroatoms. The Labute approximate surface area is 193 Å². The predicted molar refractivity (Wildman–Crippen MR) is 133 cm³/mol. The van der Waals surface area contributed by atoms with E-state index in [2.05, 4.69) is 69.7 Å². The molecule has 0 bridgehead atoms. The second-order valence-corrected chi connectivity index (χ2v) is 9.39. The van der Waals surface area contributed by atoms with Gasteiger partial charge in [0, 0.05) is 23.5 Å². The lowest BCUT2D eigenvalue weighted by Gasteiger charge is -2.07. The molecule has 154 valence electrons. The molecule has 0 spiro atoms. The summed E-state index contributed by atoms with van der Waals surface area (Å²) in [4.78, 5) is 9.86. The van der Waals surface area contributed by atoms with Crippen molar-refractivity contribution >= 4 is 32.9 Å². The van der Waals surface area contributed by atoms with E-state index < -0.39 is 0 Å². The van der Waals surface area contributed by atoms with E-state index in [0.29, 0.717) is 0 Å². The minimum atomic E-state index is 0.941. The molecule has 0 radical (unpaired) electrons. The third kappa shape index (κ3) is 3.38. The van der Waals surface area contributed by atoms with Crippen molar-refractivity contribution in [2.24, 2.45) is 0 Å². The molecule has 32 heavy (non-hydrogen) atoms. The third-order valence-electron chi connectivity index (χ3n) is 5.27. The van der Waals surface area contributed by atoms with Crippen LogP contribution in [0.3, 0.4) is 0 Å². The van der Waals surface area contributed by atoms with Crippen LogP contribution in [0.1, 0.15) is 0 Å². The summed E-state index contributed by atoms with van der Waals surface area (Å²) in [6, 6.07) is 33.0. The van der Waals surface area contributed by atoms with E-state index in [0.717, 1.165) is 43.9 Å². The van der Waals surface area contributed by atoms with E-state index in [9.17, 15) is 0 Å². The first-order valence-corrected chi connectivity index (χ1v) is 12.4. The van der Waals surface area contributed by atoms with Crippen molar-refractivity contribution in [3.63, 3.8) is 0 Å². The Kier molecular flexibility index (Phi) is 4.94. The standard InChI is InChI=1S/C26H18N4S2/c1-3-11-19(12-4-1)23-25(29-17-9-7-15-21(29)27-23)31-32-26-24(20-13-5-2-6-14-20)28-22-16-8-10-18-30(22)26/h1-18H. The average molecular weight is 451 g/mol. The molecule has 0 N–H and O–H groups in total. The van der Waals surface area contributed by atoms with Gasteiger partial charge >= 0.3 is 0 Å². The lowest BCUT2D eigenvalue weighted by molar-refractivity contribution is 1.05. The number of fused-ring (bicyclic) bond motifs is 2. The smallest absolute Gasteiger partial charge is 0.138 e. The maximum Gasteiger partial charge on any atom is 0.138 e. The predicted octanol–water partition coefficient (Wildman–Crippen LogP) is 7.12. The molecule has 0 aliphatic carbocycles. The zero-order valence-corrected chi connectivity index (χ0v) is 18.6. The fourth-order valence-corrected chi connectivity index (χ4v) is 6.29. The van der Waals surface area contributed by atoms with E-state index in [1.54, 1.807) is 21.6 Å². The Morgan fingerprint density at radius 3 is 1.31 bits per heavy atom. The first kappa shape index (κ1) is 19.2. The molecule has 0 atom stereocenters. The van der Waals surface area contributed by atoms with Gasteiger partial charge in [-0.1, -0.05) is 72.8 Å². The molecule has 0 fully saturated rings. The zero-order chi connectivity index (χ0) is 21.3. The fraction of sp³-hybridized carbons (Fsp3) is 0. The van der Waals surface area contributed by atoms with Gasteiger partial charge in [0.25, 0.3) is 0 Å². The number of imidazole rings is 2. The Balaban J connectivity index is 1.47. The van der Waals surface area contributed by atoms with Gasteiger partial charge in [0.1, 0.15) is 32.7 Å². The SMILES string of the molecule is c1ccc(-c2nc3ccccn3c2SSc2c(-c3ccccc3)nc3ccccn23)cc1. The number of aromatic nitrogens is 4. The molecule has 0 amide bonds. The van der Waals surface area contributed by atoms with Crippen LogP contribution in [0.25, 0.3) is 33.8 Å². The van der Waals surface area contributed by atoms with Crippen molar-refractivity contribution < 1.29 is 0 Å². The number of pyridine rings is 2. The summed E-state index contributed by atoms with van der Waals surface area (Å²) >= 11 is 0. The second-order valence-electron chi connectivity index (χ2n) is 7.29. The number of benzene rings is 2. The molecule has 6 aromatic rings. The number of nitrogens with zero attached hydrogens (tertiary/aromatic N) is 4. The number of hydrogen-bond donors (Lipinski definition) is 0. The molecule has 0 saturated heterocycles. The third-order valence-corrected chi connectivity index (χ3v) is 7.64. The van der Waals surface area contributed by atoms with Crippen LogP contribution >= 0.6 is 21.6 Å². The topological polar surface area (TPSA) is 34.6 Å². The molecule has 4 aromatic heterocycles.